The number of para-hydroxylation sites is 1. The van der Waals surface area contributed by atoms with Gasteiger partial charge >= 0.3 is 0 Å². The molecule has 1 aliphatic carbocycles. The fraction of sp³-hybridized carbons (Fsp3) is 0.533. The molecule has 1 saturated carbocycles. The van der Waals surface area contributed by atoms with E-state index in [1.54, 1.807) is 12.1 Å². The first kappa shape index (κ1) is 16.4. The minimum atomic E-state index is -0.673. The Morgan fingerprint density at radius 1 is 1.32 bits per heavy atom. The average molecular weight is 381 g/mol. The fourth-order valence-electron chi connectivity index (χ4n) is 2.40. The van der Waals surface area contributed by atoms with Gasteiger partial charge in [-0.1, -0.05) is 17.7 Å². The third-order valence-corrected chi connectivity index (χ3v) is 5.44. The first-order valence-corrected chi connectivity index (χ1v) is 8.77. The zero-order chi connectivity index (χ0) is 15.7. The highest BCUT2D eigenvalue weighted by Crippen LogP contribution is 2.53. The van der Waals surface area contributed by atoms with Crippen molar-refractivity contribution >= 4 is 52.2 Å². The summed E-state index contributed by atoms with van der Waals surface area (Å²) in [5, 5.41) is 0.942. The molecule has 1 aromatic rings. The molecule has 1 aliphatic heterocycles. The minimum absolute atomic E-state index is 0.116. The topological polar surface area (TPSA) is 21.7 Å². The summed E-state index contributed by atoms with van der Waals surface area (Å²) in [7, 11) is 0. The molecule has 0 aromatic heterocycles. The van der Waals surface area contributed by atoms with Gasteiger partial charge in [0.2, 0.25) is 0 Å². The number of hydrogen-bond donors (Lipinski definition) is 0. The van der Waals surface area contributed by atoms with Gasteiger partial charge in [0.1, 0.15) is 4.33 Å². The fourth-order valence-corrected chi connectivity index (χ4v) is 3.39. The van der Waals surface area contributed by atoms with Crippen molar-refractivity contribution < 1.29 is 9.47 Å². The summed E-state index contributed by atoms with van der Waals surface area (Å²) in [6, 6.07) is 5.36. The molecule has 1 unspecified atom stereocenters. The number of rotatable bonds is 4. The van der Waals surface area contributed by atoms with E-state index in [9.17, 15) is 0 Å². The van der Waals surface area contributed by atoms with E-state index >= 15 is 0 Å². The maximum absolute atomic E-state index is 6.22. The van der Waals surface area contributed by atoms with E-state index in [4.69, 9.17) is 56.5 Å². The second-order valence-corrected chi connectivity index (χ2v) is 7.90. The molecule has 7 heteroatoms. The van der Waals surface area contributed by atoms with Crippen LogP contribution in [-0.2, 0) is 0 Å². The van der Waals surface area contributed by atoms with Gasteiger partial charge in [-0.15, -0.1) is 23.2 Å². The third-order valence-electron chi connectivity index (χ3n) is 3.88. The van der Waals surface area contributed by atoms with E-state index in [-0.39, 0.29) is 5.92 Å². The molecule has 22 heavy (non-hydrogen) atoms. The summed E-state index contributed by atoms with van der Waals surface area (Å²) in [4.78, 5) is 2.05. The molecule has 2 fully saturated rings. The lowest BCUT2D eigenvalue weighted by atomic mass is 10.3. The second-order valence-electron chi connectivity index (χ2n) is 5.60. The molecule has 120 valence electrons. The van der Waals surface area contributed by atoms with Gasteiger partial charge in [0.05, 0.1) is 11.6 Å². The van der Waals surface area contributed by atoms with Crippen molar-refractivity contribution in [2.75, 3.05) is 19.7 Å². The van der Waals surface area contributed by atoms with Crippen molar-refractivity contribution in [3.05, 3.63) is 23.2 Å². The highest BCUT2D eigenvalue weighted by Gasteiger charge is 2.52. The minimum Gasteiger partial charge on any atom is -0.488 e. The number of likely N-dealkylation sites (tertiary alicyclic amines) is 1. The SMILES string of the molecule is S=C(Oc1cccc(Cl)c1OCC1CC1(Cl)Cl)N1CCCC1. The Hall–Kier alpha value is -0.420. The molecule has 0 spiro atoms. The third kappa shape index (κ3) is 3.73. The molecule has 1 heterocycles. The van der Waals surface area contributed by atoms with Crippen molar-refractivity contribution in [3.63, 3.8) is 0 Å². The van der Waals surface area contributed by atoms with Crippen LogP contribution in [-0.4, -0.2) is 34.1 Å². The zero-order valence-electron chi connectivity index (χ0n) is 11.9. The van der Waals surface area contributed by atoms with E-state index in [2.05, 4.69) is 0 Å². The number of thiocarbonyl (C=S) groups is 1. The molecule has 1 saturated heterocycles. The van der Waals surface area contributed by atoms with Gasteiger partial charge in [0.15, 0.2) is 11.5 Å². The summed E-state index contributed by atoms with van der Waals surface area (Å²) < 4.78 is 10.9. The quantitative estimate of drug-likeness (QED) is 0.559. The molecule has 0 radical (unpaired) electrons. The number of benzene rings is 1. The van der Waals surface area contributed by atoms with Crippen LogP contribution in [0.15, 0.2) is 18.2 Å². The van der Waals surface area contributed by atoms with Gasteiger partial charge in [0, 0.05) is 19.0 Å². The lowest BCUT2D eigenvalue weighted by Crippen LogP contribution is -2.30. The van der Waals surface area contributed by atoms with Crippen LogP contribution in [0.5, 0.6) is 11.5 Å². The molecule has 3 rings (SSSR count). The van der Waals surface area contributed by atoms with Crippen LogP contribution < -0.4 is 9.47 Å². The molecule has 0 N–H and O–H groups in total. The van der Waals surface area contributed by atoms with Gasteiger partial charge in [-0.25, -0.2) is 0 Å². The molecule has 1 aromatic carbocycles. The van der Waals surface area contributed by atoms with Crippen molar-refractivity contribution in [1.29, 1.82) is 0 Å². The Labute approximate surface area is 150 Å². The van der Waals surface area contributed by atoms with E-state index in [1.807, 2.05) is 11.0 Å². The first-order chi connectivity index (χ1) is 10.5. The Balaban J connectivity index is 1.67. The zero-order valence-corrected chi connectivity index (χ0v) is 14.9. The van der Waals surface area contributed by atoms with Gasteiger partial charge in [-0.3, -0.25) is 0 Å². The number of alkyl halides is 2. The van der Waals surface area contributed by atoms with Crippen molar-refractivity contribution in [3.8, 4) is 11.5 Å². The van der Waals surface area contributed by atoms with Crippen molar-refractivity contribution in [1.82, 2.24) is 4.90 Å². The number of hydrogen-bond acceptors (Lipinski definition) is 3. The van der Waals surface area contributed by atoms with E-state index < -0.39 is 4.33 Å². The van der Waals surface area contributed by atoms with Crippen LogP contribution in [0.25, 0.3) is 0 Å². The number of ether oxygens (including phenoxy) is 2. The summed E-state index contributed by atoms with van der Waals surface area (Å²) >= 11 is 23.6. The highest BCUT2D eigenvalue weighted by atomic mass is 35.5. The molecular weight excluding hydrogens is 365 g/mol. The number of nitrogens with zero attached hydrogens (tertiary/aromatic N) is 1. The first-order valence-electron chi connectivity index (χ1n) is 7.23. The molecule has 1 atom stereocenters. The van der Waals surface area contributed by atoms with E-state index in [0.29, 0.717) is 28.3 Å². The van der Waals surface area contributed by atoms with Crippen LogP contribution in [0.1, 0.15) is 19.3 Å². The second kappa shape index (κ2) is 6.60. The average Bonchev–Trinajstić information content (AvgIpc) is 2.90. The molecular formula is C15H16Cl3NO2S. The Morgan fingerprint density at radius 2 is 2.00 bits per heavy atom. The Bertz CT molecular complexity index is 576. The van der Waals surface area contributed by atoms with E-state index in [0.717, 1.165) is 32.4 Å². The maximum atomic E-state index is 6.22. The van der Waals surface area contributed by atoms with Gasteiger partial charge < -0.3 is 14.4 Å². The van der Waals surface area contributed by atoms with Crippen LogP contribution in [0.3, 0.4) is 0 Å². The molecule has 0 bridgehead atoms. The van der Waals surface area contributed by atoms with Gasteiger partial charge in [-0.05, 0) is 43.6 Å². The number of halogens is 3. The van der Waals surface area contributed by atoms with Crippen LogP contribution in [0.4, 0.5) is 0 Å². The predicted octanol–water partition coefficient (Wildman–Crippen LogP) is 4.67. The molecule has 0 amide bonds. The summed E-state index contributed by atoms with van der Waals surface area (Å²) in [5.41, 5.74) is 0. The summed E-state index contributed by atoms with van der Waals surface area (Å²) in [5.74, 6) is 1.13. The van der Waals surface area contributed by atoms with E-state index in [1.165, 1.54) is 0 Å². The standard InChI is InChI=1S/C15H16Cl3NO2S/c16-11-4-3-5-12(21-14(22)19-6-1-2-7-19)13(11)20-9-10-8-15(10,17)18/h3-5,10H,1-2,6-9H2. The Morgan fingerprint density at radius 3 is 2.64 bits per heavy atom. The maximum Gasteiger partial charge on any atom is 0.264 e. The smallest absolute Gasteiger partial charge is 0.264 e. The molecule has 2 aliphatic rings. The monoisotopic (exact) mass is 379 g/mol. The Kier molecular flexibility index (Phi) is 4.93. The summed E-state index contributed by atoms with van der Waals surface area (Å²) in [6.45, 7) is 2.26. The van der Waals surface area contributed by atoms with Crippen molar-refractivity contribution in [2.45, 2.75) is 23.6 Å². The molecule has 3 nitrogen and oxygen atoms in total. The summed E-state index contributed by atoms with van der Waals surface area (Å²) in [6.07, 6.45) is 3.00. The largest absolute Gasteiger partial charge is 0.488 e. The lowest BCUT2D eigenvalue weighted by molar-refractivity contribution is 0.285. The van der Waals surface area contributed by atoms with Crippen LogP contribution in [0, 0.1) is 5.92 Å². The van der Waals surface area contributed by atoms with Gasteiger partial charge in [-0.2, -0.15) is 0 Å². The van der Waals surface area contributed by atoms with Crippen LogP contribution >= 0.6 is 47.0 Å². The van der Waals surface area contributed by atoms with Crippen molar-refractivity contribution in [2.24, 2.45) is 5.92 Å². The lowest BCUT2D eigenvalue weighted by Gasteiger charge is -2.20. The normalized spacial score (nSPS) is 22.5. The van der Waals surface area contributed by atoms with Crippen LogP contribution in [0.2, 0.25) is 5.02 Å². The predicted molar refractivity (Wildman–Crippen MR) is 93.5 cm³/mol. The van der Waals surface area contributed by atoms with Gasteiger partial charge in [0.25, 0.3) is 5.17 Å². The highest BCUT2D eigenvalue weighted by molar-refractivity contribution is 7.80.